The molecule has 0 aliphatic carbocycles. The predicted octanol–water partition coefficient (Wildman–Crippen LogP) is 0.601. The van der Waals surface area contributed by atoms with E-state index >= 15 is 0 Å². The summed E-state index contributed by atoms with van der Waals surface area (Å²) in [5.41, 5.74) is 0. The smallest absolute Gasteiger partial charge is 0.321 e. The van der Waals surface area contributed by atoms with Gasteiger partial charge in [-0.2, -0.15) is 26.3 Å². The molecule has 1 aliphatic rings. The van der Waals surface area contributed by atoms with Crippen molar-refractivity contribution < 1.29 is 40.7 Å². The lowest BCUT2D eigenvalue weighted by molar-refractivity contribution is -0.278. The molecule has 0 aromatic rings. The molecule has 1 saturated heterocycles. The summed E-state index contributed by atoms with van der Waals surface area (Å²) in [4.78, 5) is 33.5. The SMILES string of the molecule is CC1C(=O)NC(=O)CN1C(=O)C(C(F)(F)F)C(F)(F)F. The molecule has 1 atom stereocenters. The van der Waals surface area contributed by atoms with Crippen LogP contribution in [0.4, 0.5) is 26.3 Å². The highest BCUT2D eigenvalue weighted by Gasteiger charge is 2.62. The highest BCUT2D eigenvalue weighted by molar-refractivity contribution is 6.04. The van der Waals surface area contributed by atoms with Crippen molar-refractivity contribution in [2.75, 3.05) is 6.54 Å². The summed E-state index contributed by atoms with van der Waals surface area (Å²) < 4.78 is 74.3. The summed E-state index contributed by atoms with van der Waals surface area (Å²) in [6.45, 7) is -0.127. The van der Waals surface area contributed by atoms with Crippen LogP contribution < -0.4 is 5.32 Å². The third-order valence-electron chi connectivity index (χ3n) is 2.61. The molecule has 1 heterocycles. The minimum Gasteiger partial charge on any atom is -0.321 e. The number of halogens is 6. The van der Waals surface area contributed by atoms with Crippen LogP contribution in [0.15, 0.2) is 0 Å². The second-order valence-electron chi connectivity index (χ2n) is 4.07. The van der Waals surface area contributed by atoms with Crippen LogP contribution in [0.1, 0.15) is 6.92 Å². The molecular formula is C9H8F6N2O3. The van der Waals surface area contributed by atoms with Crippen molar-refractivity contribution in [3.05, 3.63) is 0 Å². The monoisotopic (exact) mass is 306 g/mol. The van der Waals surface area contributed by atoms with Gasteiger partial charge in [-0.1, -0.05) is 0 Å². The fourth-order valence-corrected chi connectivity index (χ4v) is 1.61. The Morgan fingerprint density at radius 3 is 2.05 bits per heavy atom. The maximum absolute atomic E-state index is 12.4. The summed E-state index contributed by atoms with van der Waals surface area (Å²) >= 11 is 0. The highest BCUT2D eigenvalue weighted by atomic mass is 19.4. The molecule has 0 radical (unpaired) electrons. The van der Waals surface area contributed by atoms with Crippen LogP contribution in [-0.4, -0.2) is 47.6 Å². The van der Waals surface area contributed by atoms with Crippen molar-refractivity contribution in [3.63, 3.8) is 0 Å². The van der Waals surface area contributed by atoms with Crippen LogP contribution in [-0.2, 0) is 14.4 Å². The summed E-state index contributed by atoms with van der Waals surface area (Å²) in [6.07, 6.45) is -11.7. The van der Waals surface area contributed by atoms with E-state index in [4.69, 9.17) is 0 Å². The minimum absolute atomic E-state index is 0.0349. The Morgan fingerprint density at radius 2 is 1.65 bits per heavy atom. The van der Waals surface area contributed by atoms with Gasteiger partial charge < -0.3 is 4.90 Å². The largest absolute Gasteiger partial charge is 0.409 e. The van der Waals surface area contributed by atoms with Gasteiger partial charge in [0.05, 0.1) is 0 Å². The van der Waals surface area contributed by atoms with Crippen LogP contribution in [0.5, 0.6) is 0 Å². The molecule has 0 aromatic carbocycles. The zero-order chi connectivity index (χ0) is 15.9. The Hall–Kier alpha value is -1.81. The first kappa shape index (κ1) is 16.2. The normalized spacial score (nSPS) is 21.2. The Balaban J connectivity index is 3.13. The highest BCUT2D eigenvalue weighted by Crippen LogP contribution is 2.40. The number of hydrogen-bond donors (Lipinski definition) is 1. The third kappa shape index (κ3) is 3.20. The lowest BCUT2D eigenvalue weighted by Crippen LogP contribution is -2.62. The van der Waals surface area contributed by atoms with E-state index in [1.807, 2.05) is 0 Å². The number of piperazine rings is 1. The first-order chi connectivity index (χ1) is 8.85. The van der Waals surface area contributed by atoms with Crippen molar-refractivity contribution in [1.29, 1.82) is 0 Å². The molecule has 1 N–H and O–H groups in total. The fraction of sp³-hybridized carbons (Fsp3) is 0.667. The average Bonchev–Trinajstić information content (AvgIpc) is 2.18. The van der Waals surface area contributed by atoms with E-state index in [-0.39, 0.29) is 4.90 Å². The zero-order valence-corrected chi connectivity index (χ0v) is 9.80. The van der Waals surface area contributed by atoms with Crippen LogP contribution in [0.2, 0.25) is 0 Å². The molecule has 3 amide bonds. The van der Waals surface area contributed by atoms with E-state index in [2.05, 4.69) is 0 Å². The van der Waals surface area contributed by atoms with Crippen molar-refractivity contribution >= 4 is 17.7 Å². The van der Waals surface area contributed by atoms with Crippen LogP contribution in [0.3, 0.4) is 0 Å². The van der Waals surface area contributed by atoms with Gasteiger partial charge in [0.2, 0.25) is 23.6 Å². The Bertz CT molecular complexity index is 430. The first-order valence-electron chi connectivity index (χ1n) is 5.13. The number of hydrogen-bond acceptors (Lipinski definition) is 3. The van der Waals surface area contributed by atoms with Crippen molar-refractivity contribution in [3.8, 4) is 0 Å². The van der Waals surface area contributed by atoms with Gasteiger partial charge in [-0.3, -0.25) is 19.7 Å². The quantitative estimate of drug-likeness (QED) is 0.570. The summed E-state index contributed by atoms with van der Waals surface area (Å²) in [7, 11) is 0. The fourth-order valence-electron chi connectivity index (χ4n) is 1.61. The zero-order valence-electron chi connectivity index (χ0n) is 9.80. The second kappa shape index (κ2) is 4.94. The number of carbonyl (C=O) groups is 3. The second-order valence-corrected chi connectivity index (χ2v) is 4.07. The van der Waals surface area contributed by atoms with E-state index in [0.717, 1.165) is 6.92 Å². The van der Waals surface area contributed by atoms with Crippen molar-refractivity contribution in [2.45, 2.75) is 25.3 Å². The lowest BCUT2D eigenvalue weighted by atomic mass is 10.0. The maximum Gasteiger partial charge on any atom is 0.409 e. The molecule has 11 heteroatoms. The minimum atomic E-state index is -5.87. The molecule has 0 spiro atoms. The van der Waals surface area contributed by atoms with Crippen LogP contribution >= 0.6 is 0 Å². The van der Waals surface area contributed by atoms with Gasteiger partial charge in [-0.15, -0.1) is 0 Å². The van der Waals surface area contributed by atoms with E-state index in [1.165, 1.54) is 0 Å². The van der Waals surface area contributed by atoms with Gasteiger partial charge in [-0.05, 0) is 6.92 Å². The van der Waals surface area contributed by atoms with E-state index in [9.17, 15) is 40.7 Å². The summed E-state index contributed by atoms with van der Waals surface area (Å²) in [5.74, 6) is -8.93. The van der Waals surface area contributed by atoms with E-state index < -0.39 is 48.6 Å². The van der Waals surface area contributed by atoms with E-state index in [1.54, 1.807) is 5.32 Å². The standard InChI is InChI=1S/C9H8F6N2O3/c1-3-6(19)16-4(18)2-17(3)7(20)5(8(10,11)12)9(13,14)15/h3,5H,2H2,1H3,(H,16,18,19). The number of amides is 3. The molecule has 1 aliphatic heterocycles. The number of nitrogens with one attached hydrogen (secondary N) is 1. The number of rotatable bonds is 1. The Kier molecular flexibility index (Phi) is 4.02. The third-order valence-corrected chi connectivity index (χ3v) is 2.61. The molecule has 0 bridgehead atoms. The summed E-state index contributed by atoms with van der Waals surface area (Å²) in [5, 5.41) is 1.70. The van der Waals surface area contributed by atoms with Gasteiger partial charge >= 0.3 is 12.4 Å². The Morgan fingerprint density at radius 1 is 1.20 bits per heavy atom. The molecule has 1 rings (SSSR count). The summed E-state index contributed by atoms with van der Waals surface area (Å²) in [6, 6.07) is -1.60. The van der Waals surface area contributed by atoms with Gasteiger partial charge in [0, 0.05) is 0 Å². The van der Waals surface area contributed by atoms with Crippen LogP contribution in [0, 0.1) is 5.92 Å². The topological polar surface area (TPSA) is 66.5 Å². The molecule has 0 saturated carbocycles. The molecule has 1 unspecified atom stereocenters. The van der Waals surface area contributed by atoms with Crippen molar-refractivity contribution in [2.24, 2.45) is 5.92 Å². The van der Waals surface area contributed by atoms with E-state index in [0.29, 0.717) is 0 Å². The van der Waals surface area contributed by atoms with Gasteiger partial charge in [-0.25, -0.2) is 0 Å². The maximum atomic E-state index is 12.4. The lowest BCUT2D eigenvalue weighted by Gasteiger charge is -2.35. The average molecular weight is 306 g/mol. The Labute approximate surface area is 107 Å². The molecule has 20 heavy (non-hydrogen) atoms. The number of nitrogens with zero attached hydrogens (tertiary/aromatic N) is 1. The predicted molar refractivity (Wildman–Crippen MR) is 49.9 cm³/mol. The van der Waals surface area contributed by atoms with Gasteiger partial charge in [0.1, 0.15) is 12.6 Å². The molecule has 0 aromatic heterocycles. The first-order valence-corrected chi connectivity index (χ1v) is 5.13. The number of imide groups is 1. The van der Waals surface area contributed by atoms with Crippen LogP contribution in [0.25, 0.3) is 0 Å². The molecule has 114 valence electrons. The molecular weight excluding hydrogens is 298 g/mol. The van der Waals surface area contributed by atoms with Crippen molar-refractivity contribution in [1.82, 2.24) is 10.2 Å². The van der Waals surface area contributed by atoms with Gasteiger partial charge in [0.25, 0.3) is 0 Å². The van der Waals surface area contributed by atoms with Gasteiger partial charge in [0.15, 0.2) is 0 Å². The number of alkyl halides is 6. The molecule has 1 fully saturated rings. The number of carbonyl (C=O) groups excluding carboxylic acids is 3. The molecule has 5 nitrogen and oxygen atoms in total.